The Bertz CT molecular complexity index is 1260. The predicted molar refractivity (Wildman–Crippen MR) is 110 cm³/mol. The van der Waals surface area contributed by atoms with Crippen molar-refractivity contribution in [3.63, 3.8) is 0 Å². The second-order valence-corrected chi connectivity index (χ2v) is 11.5. The first kappa shape index (κ1) is 20.9. The number of thioether (sulfide) groups is 1. The first-order valence-electron chi connectivity index (χ1n) is 8.67. The predicted octanol–water partition coefficient (Wildman–Crippen LogP) is 1.50. The van der Waals surface area contributed by atoms with Crippen molar-refractivity contribution in [2.45, 2.75) is 16.6 Å². The van der Waals surface area contributed by atoms with E-state index in [1.165, 1.54) is 38.0 Å². The van der Waals surface area contributed by atoms with Gasteiger partial charge in [-0.3, -0.25) is 0 Å². The summed E-state index contributed by atoms with van der Waals surface area (Å²) >= 11 is 1.18. The van der Waals surface area contributed by atoms with E-state index in [9.17, 15) is 21.6 Å². The Labute approximate surface area is 177 Å². The van der Waals surface area contributed by atoms with E-state index in [-0.39, 0.29) is 28.8 Å². The van der Waals surface area contributed by atoms with Crippen LogP contribution < -0.4 is 4.90 Å². The molecule has 0 saturated heterocycles. The van der Waals surface area contributed by atoms with Crippen LogP contribution in [0.1, 0.15) is 16.1 Å². The molecule has 0 aliphatic carbocycles. The lowest BCUT2D eigenvalue weighted by molar-refractivity contribution is 0.0440. The maximum atomic E-state index is 12.4. The third-order valence-electron chi connectivity index (χ3n) is 4.43. The normalized spacial score (nSPS) is 17.4. The lowest BCUT2D eigenvalue weighted by atomic mass is 10.2. The molecule has 30 heavy (non-hydrogen) atoms. The highest BCUT2D eigenvalue weighted by Crippen LogP contribution is 2.42. The van der Waals surface area contributed by atoms with E-state index in [1.54, 1.807) is 23.1 Å². The molecule has 0 atom stereocenters. The van der Waals surface area contributed by atoms with Gasteiger partial charge in [-0.15, -0.1) is 4.40 Å². The number of carbonyl (C=O) groups excluding carboxylic acids is 1. The molecule has 0 N–H and O–H groups in total. The number of benzene rings is 1. The zero-order valence-electron chi connectivity index (χ0n) is 15.9. The number of anilines is 1. The molecule has 160 valence electrons. The van der Waals surface area contributed by atoms with Gasteiger partial charge in [0, 0.05) is 25.5 Å². The molecule has 2 aromatic rings. The second-order valence-electron chi connectivity index (χ2n) is 6.68. The van der Waals surface area contributed by atoms with Crippen LogP contribution in [0.25, 0.3) is 0 Å². The molecular weight excluding hydrogens is 454 g/mol. The zero-order valence-corrected chi connectivity index (χ0v) is 18.4. The number of hydrogen-bond donors (Lipinski definition) is 0. The topological polar surface area (TPSA) is 127 Å². The molecule has 0 bridgehead atoms. The summed E-state index contributed by atoms with van der Waals surface area (Å²) in [5, 5.41) is 0.131. The van der Waals surface area contributed by atoms with E-state index >= 15 is 0 Å². The van der Waals surface area contributed by atoms with Gasteiger partial charge in [0.1, 0.15) is 12.4 Å². The average molecular weight is 472 g/mol. The molecule has 0 amide bonds. The highest BCUT2D eigenvalue weighted by atomic mass is 32.2. The minimum absolute atomic E-state index is 0.0605. The molecule has 3 heterocycles. The van der Waals surface area contributed by atoms with Crippen LogP contribution in [0.4, 0.5) is 5.69 Å². The van der Waals surface area contributed by atoms with Gasteiger partial charge < -0.3 is 14.1 Å². The van der Waals surface area contributed by atoms with Crippen molar-refractivity contribution in [2.24, 2.45) is 4.40 Å². The highest BCUT2D eigenvalue weighted by molar-refractivity contribution is 8.15. The molecule has 1 aromatic heterocycles. The van der Waals surface area contributed by atoms with Crippen molar-refractivity contribution in [2.75, 3.05) is 31.3 Å². The second kappa shape index (κ2) is 7.41. The fourth-order valence-corrected chi connectivity index (χ4v) is 5.94. The summed E-state index contributed by atoms with van der Waals surface area (Å²) in [5.74, 6) is -0.489. The molecule has 0 saturated carbocycles. The number of ether oxygens (including phenoxy) is 1. The zero-order chi connectivity index (χ0) is 21.7. The van der Waals surface area contributed by atoms with E-state index in [1.807, 2.05) is 0 Å². The maximum absolute atomic E-state index is 12.4. The largest absolute Gasteiger partial charge is 0.454 e. The van der Waals surface area contributed by atoms with Crippen molar-refractivity contribution in [3.05, 3.63) is 41.7 Å². The summed E-state index contributed by atoms with van der Waals surface area (Å²) < 4.78 is 62.7. The average Bonchev–Trinajstić information content (AvgIpc) is 3.28. The Balaban J connectivity index is 1.46. The van der Waals surface area contributed by atoms with Gasteiger partial charge in [0.15, 0.2) is 5.17 Å². The highest BCUT2D eigenvalue weighted by Gasteiger charge is 2.33. The van der Waals surface area contributed by atoms with Gasteiger partial charge >= 0.3 is 5.97 Å². The number of amidine groups is 1. The summed E-state index contributed by atoms with van der Waals surface area (Å²) in [7, 11) is -4.39. The van der Waals surface area contributed by atoms with Crippen LogP contribution in [-0.4, -0.2) is 58.7 Å². The number of carbonyl (C=O) groups is 1. The Kier molecular flexibility index (Phi) is 5.16. The molecule has 0 spiro atoms. The van der Waals surface area contributed by atoms with Crippen LogP contribution in [0, 0.1) is 0 Å². The SMILES string of the molecule is CN(C)S(=O)(=O)c1ccc(COC(=O)c2ccc3c(c2)SC2=NS(=O)(=O)CCN23)o1. The van der Waals surface area contributed by atoms with Crippen LogP contribution in [-0.2, 0) is 31.4 Å². The first-order chi connectivity index (χ1) is 14.1. The molecule has 1 aromatic carbocycles. The number of esters is 1. The van der Waals surface area contributed by atoms with E-state index in [4.69, 9.17) is 9.15 Å². The van der Waals surface area contributed by atoms with E-state index in [0.717, 1.165) is 9.99 Å². The summed E-state index contributed by atoms with van der Waals surface area (Å²) in [6.07, 6.45) is 0. The monoisotopic (exact) mass is 471 g/mol. The van der Waals surface area contributed by atoms with Crippen LogP contribution in [0.2, 0.25) is 0 Å². The summed E-state index contributed by atoms with van der Waals surface area (Å²) in [6, 6.07) is 7.64. The van der Waals surface area contributed by atoms with E-state index in [0.29, 0.717) is 16.6 Å². The van der Waals surface area contributed by atoms with Gasteiger partial charge in [-0.25, -0.2) is 25.9 Å². The van der Waals surface area contributed by atoms with Crippen molar-refractivity contribution in [3.8, 4) is 0 Å². The van der Waals surface area contributed by atoms with Crippen molar-refractivity contribution < 1.29 is 30.8 Å². The van der Waals surface area contributed by atoms with Gasteiger partial charge in [-0.2, -0.15) is 0 Å². The number of fused-ring (bicyclic) bond motifs is 3. The Hall–Kier alpha value is -2.35. The van der Waals surface area contributed by atoms with Gasteiger partial charge in [0.25, 0.3) is 20.0 Å². The third-order valence-corrected chi connectivity index (χ3v) is 8.42. The molecule has 0 radical (unpaired) electrons. The van der Waals surface area contributed by atoms with Crippen molar-refractivity contribution >= 4 is 48.6 Å². The number of hydrogen-bond acceptors (Lipinski definition) is 9. The minimum atomic E-state index is -3.71. The summed E-state index contributed by atoms with van der Waals surface area (Å²) in [4.78, 5) is 14.9. The fraction of sp³-hybridized carbons (Fsp3) is 0.294. The molecular formula is C17H17N3O7S3. The molecule has 0 fully saturated rings. The molecule has 0 unspecified atom stereocenters. The van der Waals surface area contributed by atoms with E-state index in [2.05, 4.69) is 4.40 Å². The number of furan rings is 1. The molecule has 4 rings (SSSR count). The summed E-state index contributed by atoms with van der Waals surface area (Å²) in [5.41, 5.74) is 1.06. The van der Waals surface area contributed by atoms with Gasteiger partial charge in [0.05, 0.1) is 17.0 Å². The number of sulfonamides is 2. The molecule has 2 aliphatic heterocycles. The smallest absolute Gasteiger partial charge is 0.338 e. The molecule has 2 aliphatic rings. The fourth-order valence-electron chi connectivity index (χ4n) is 2.83. The summed E-state index contributed by atoms with van der Waals surface area (Å²) in [6.45, 7) is 0.0741. The standard InChI is InChI=1S/C17H17N3O7S3/c1-19(2)30(24,25)15-6-4-12(27-15)10-26-16(21)11-3-5-13-14(9-11)28-17-18-29(22,23)8-7-20(13)17/h3-6,9H,7-8,10H2,1-2H3. The van der Waals surface area contributed by atoms with Crippen LogP contribution >= 0.6 is 11.8 Å². The lowest BCUT2D eigenvalue weighted by Gasteiger charge is -2.22. The lowest BCUT2D eigenvalue weighted by Crippen LogP contribution is -2.35. The Morgan fingerprint density at radius 1 is 1.30 bits per heavy atom. The van der Waals surface area contributed by atoms with Crippen LogP contribution in [0.15, 0.2) is 49.1 Å². The quantitative estimate of drug-likeness (QED) is 0.596. The van der Waals surface area contributed by atoms with Crippen molar-refractivity contribution in [1.29, 1.82) is 0 Å². The third kappa shape index (κ3) is 3.85. The first-order valence-corrected chi connectivity index (χ1v) is 12.5. The van der Waals surface area contributed by atoms with Crippen LogP contribution in [0.3, 0.4) is 0 Å². The Morgan fingerprint density at radius 3 is 2.80 bits per heavy atom. The molecule has 13 heteroatoms. The van der Waals surface area contributed by atoms with Gasteiger partial charge in [0.2, 0.25) is 5.09 Å². The van der Waals surface area contributed by atoms with E-state index < -0.39 is 26.0 Å². The van der Waals surface area contributed by atoms with Gasteiger partial charge in [-0.1, -0.05) is 0 Å². The molecule has 10 nitrogen and oxygen atoms in total. The number of nitrogens with zero attached hydrogens (tertiary/aromatic N) is 3. The maximum Gasteiger partial charge on any atom is 0.338 e. The minimum Gasteiger partial charge on any atom is -0.454 e. The Morgan fingerprint density at radius 2 is 2.07 bits per heavy atom. The van der Waals surface area contributed by atoms with Gasteiger partial charge in [-0.05, 0) is 42.1 Å². The van der Waals surface area contributed by atoms with Crippen LogP contribution in [0.5, 0.6) is 0 Å². The number of rotatable bonds is 5. The van der Waals surface area contributed by atoms with Crippen molar-refractivity contribution in [1.82, 2.24) is 4.31 Å².